The number of sulfonamides is 2. The Morgan fingerprint density at radius 1 is 1.17 bits per heavy atom. The zero-order valence-corrected chi connectivity index (χ0v) is 14.8. The van der Waals surface area contributed by atoms with Crippen molar-refractivity contribution in [2.45, 2.75) is 24.7 Å². The van der Waals surface area contributed by atoms with E-state index >= 15 is 0 Å². The molecule has 1 aromatic carbocycles. The van der Waals surface area contributed by atoms with E-state index in [1.165, 1.54) is 32.2 Å². The van der Waals surface area contributed by atoms with Crippen LogP contribution in [-0.4, -0.2) is 42.8 Å². The first-order valence-corrected chi connectivity index (χ1v) is 10.3. The molecule has 0 aromatic heterocycles. The lowest BCUT2D eigenvalue weighted by molar-refractivity contribution is 0.402. The highest BCUT2D eigenvalue weighted by Gasteiger charge is 2.20. The number of nitrogens with two attached hydrogens (primary N) is 1. The molecule has 0 aliphatic heterocycles. The van der Waals surface area contributed by atoms with Crippen molar-refractivity contribution in [3.05, 3.63) is 18.2 Å². The molecule has 0 spiro atoms. The zero-order chi connectivity index (χ0) is 17.5. The number of unbranched alkanes of at least 4 members (excludes halogenated alkanes) is 1. The molecule has 0 bridgehead atoms. The largest absolute Gasteiger partial charge is 0.495 e. The Hall–Kier alpha value is -1.36. The molecule has 0 saturated heterocycles. The highest BCUT2D eigenvalue weighted by molar-refractivity contribution is 7.92. The molecule has 0 fully saturated rings. The molecule has 0 heterocycles. The van der Waals surface area contributed by atoms with Crippen LogP contribution in [0.4, 0.5) is 5.69 Å². The molecule has 1 rings (SSSR count). The van der Waals surface area contributed by atoms with Crippen molar-refractivity contribution in [3.63, 3.8) is 0 Å². The van der Waals surface area contributed by atoms with Crippen LogP contribution in [0.5, 0.6) is 5.75 Å². The van der Waals surface area contributed by atoms with Crippen molar-refractivity contribution in [3.8, 4) is 5.75 Å². The van der Waals surface area contributed by atoms with E-state index in [0.717, 1.165) is 6.42 Å². The van der Waals surface area contributed by atoms with Gasteiger partial charge in [0.2, 0.25) is 20.0 Å². The van der Waals surface area contributed by atoms with Gasteiger partial charge in [-0.15, -0.1) is 0 Å². The number of nitrogens with one attached hydrogen (secondary N) is 2. The van der Waals surface area contributed by atoms with Gasteiger partial charge in [0.15, 0.2) is 0 Å². The van der Waals surface area contributed by atoms with Gasteiger partial charge in [0, 0.05) is 12.6 Å². The Morgan fingerprint density at radius 2 is 1.87 bits per heavy atom. The molecular formula is C13H23N3O5S2. The molecule has 1 aromatic rings. The summed E-state index contributed by atoms with van der Waals surface area (Å²) in [5.41, 5.74) is 5.60. The van der Waals surface area contributed by atoms with Crippen molar-refractivity contribution < 1.29 is 21.6 Å². The summed E-state index contributed by atoms with van der Waals surface area (Å²) in [5.74, 6) is -0.0226. The summed E-state index contributed by atoms with van der Waals surface area (Å²) in [7, 11) is -5.87. The molecule has 23 heavy (non-hydrogen) atoms. The first-order chi connectivity index (χ1) is 10.8. The van der Waals surface area contributed by atoms with Crippen molar-refractivity contribution in [1.82, 2.24) is 4.72 Å². The van der Waals surface area contributed by atoms with E-state index in [0.29, 0.717) is 13.0 Å². The second-order valence-corrected chi connectivity index (χ2v) is 8.51. The van der Waals surface area contributed by atoms with Crippen molar-refractivity contribution in [1.29, 1.82) is 0 Å². The van der Waals surface area contributed by atoms with Gasteiger partial charge >= 0.3 is 0 Å². The molecule has 132 valence electrons. The van der Waals surface area contributed by atoms with Gasteiger partial charge in [-0.05, 0) is 38.4 Å². The molecule has 0 unspecified atom stereocenters. The SMILES string of the molecule is CCS(=O)(=O)Nc1ccc(S(=O)(=O)NCCCCN)c(OC)c1. The van der Waals surface area contributed by atoms with Crippen LogP contribution in [0.2, 0.25) is 0 Å². The summed E-state index contributed by atoms with van der Waals surface area (Å²) in [6.45, 7) is 2.27. The fourth-order valence-electron chi connectivity index (χ4n) is 1.76. The molecule has 0 atom stereocenters. The maximum atomic E-state index is 12.3. The van der Waals surface area contributed by atoms with Crippen molar-refractivity contribution >= 4 is 25.7 Å². The van der Waals surface area contributed by atoms with Gasteiger partial charge in [-0.2, -0.15) is 0 Å². The first kappa shape index (κ1) is 19.7. The lowest BCUT2D eigenvalue weighted by Crippen LogP contribution is -2.25. The van der Waals surface area contributed by atoms with E-state index in [-0.39, 0.29) is 28.6 Å². The Labute approximate surface area is 137 Å². The standard InChI is InChI=1S/C13H23N3O5S2/c1-3-22(17,18)16-11-6-7-13(12(10-11)21-2)23(19,20)15-9-5-4-8-14/h6-7,10,15-16H,3-5,8-9,14H2,1-2H3. The molecule has 8 nitrogen and oxygen atoms in total. The van der Waals surface area contributed by atoms with E-state index in [9.17, 15) is 16.8 Å². The summed E-state index contributed by atoms with van der Waals surface area (Å²) in [6.07, 6.45) is 1.35. The fourth-order valence-corrected chi connectivity index (χ4v) is 3.61. The maximum Gasteiger partial charge on any atom is 0.244 e. The van der Waals surface area contributed by atoms with Crippen LogP contribution in [0.15, 0.2) is 23.1 Å². The number of methoxy groups -OCH3 is 1. The number of ether oxygens (including phenoxy) is 1. The minimum absolute atomic E-state index is 0.0489. The normalized spacial score (nSPS) is 12.1. The van der Waals surface area contributed by atoms with Gasteiger partial charge in [-0.1, -0.05) is 0 Å². The van der Waals surface area contributed by atoms with Gasteiger partial charge in [0.1, 0.15) is 10.6 Å². The van der Waals surface area contributed by atoms with Crippen LogP contribution in [0.25, 0.3) is 0 Å². The number of rotatable bonds is 10. The third kappa shape index (κ3) is 5.98. The number of benzene rings is 1. The average molecular weight is 365 g/mol. The number of hydrogen-bond acceptors (Lipinski definition) is 6. The highest BCUT2D eigenvalue weighted by atomic mass is 32.2. The smallest absolute Gasteiger partial charge is 0.244 e. The molecule has 0 aliphatic carbocycles. The van der Waals surface area contributed by atoms with E-state index in [1.54, 1.807) is 0 Å². The summed E-state index contributed by atoms with van der Waals surface area (Å²) >= 11 is 0. The van der Waals surface area contributed by atoms with Crippen molar-refractivity contribution in [2.24, 2.45) is 5.73 Å². The molecular weight excluding hydrogens is 342 g/mol. The Bertz CT molecular complexity index is 717. The molecule has 4 N–H and O–H groups in total. The molecule has 0 radical (unpaired) electrons. The summed E-state index contributed by atoms with van der Waals surface area (Å²) in [4.78, 5) is -0.0489. The first-order valence-electron chi connectivity index (χ1n) is 7.14. The molecule has 0 aliphatic rings. The molecule has 0 amide bonds. The van der Waals surface area contributed by atoms with Crippen LogP contribution in [0, 0.1) is 0 Å². The van der Waals surface area contributed by atoms with Crippen LogP contribution in [-0.2, 0) is 20.0 Å². The summed E-state index contributed by atoms with van der Waals surface area (Å²) < 4.78 is 57.5. The second kappa shape index (κ2) is 8.48. The Morgan fingerprint density at radius 3 is 2.43 bits per heavy atom. The van der Waals surface area contributed by atoms with E-state index in [2.05, 4.69) is 9.44 Å². The Kier molecular flexibility index (Phi) is 7.26. The maximum absolute atomic E-state index is 12.3. The zero-order valence-electron chi connectivity index (χ0n) is 13.2. The van der Waals surface area contributed by atoms with Gasteiger partial charge in [-0.25, -0.2) is 21.6 Å². The van der Waals surface area contributed by atoms with E-state index in [4.69, 9.17) is 10.5 Å². The topological polar surface area (TPSA) is 128 Å². The van der Waals surface area contributed by atoms with E-state index in [1.807, 2.05) is 0 Å². The average Bonchev–Trinajstić information content (AvgIpc) is 2.51. The van der Waals surface area contributed by atoms with Gasteiger partial charge in [0.25, 0.3) is 0 Å². The summed E-state index contributed by atoms with van der Waals surface area (Å²) in [6, 6.07) is 4.02. The minimum atomic E-state index is -3.74. The van der Waals surface area contributed by atoms with Gasteiger partial charge in [-0.3, -0.25) is 4.72 Å². The van der Waals surface area contributed by atoms with Crippen LogP contribution >= 0.6 is 0 Å². The van der Waals surface area contributed by atoms with Gasteiger partial charge in [0.05, 0.1) is 18.6 Å². The van der Waals surface area contributed by atoms with E-state index < -0.39 is 20.0 Å². The van der Waals surface area contributed by atoms with Crippen LogP contribution in [0.3, 0.4) is 0 Å². The lowest BCUT2D eigenvalue weighted by Gasteiger charge is -2.13. The fraction of sp³-hybridized carbons (Fsp3) is 0.538. The lowest BCUT2D eigenvalue weighted by atomic mass is 10.3. The Balaban J connectivity index is 2.99. The minimum Gasteiger partial charge on any atom is -0.495 e. The number of anilines is 1. The summed E-state index contributed by atoms with van der Waals surface area (Å²) in [5, 5.41) is 0. The second-order valence-electron chi connectivity index (χ2n) is 4.76. The highest BCUT2D eigenvalue weighted by Crippen LogP contribution is 2.27. The monoisotopic (exact) mass is 365 g/mol. The number of hydrogen-bond donors (Lipinski definition) is 3. The predicted octanol–water partition coefficient (Wildman–Crippen LogP) is 0.474. The third-order valence-corrected chi connectivity index (χ3v) is 5.84. The predicted molar refractivity (Wildman–Crippen MR) is 89.6 cm³/mol. The van der Waals surface area contributed by atoms with Crippen LogP contribution < -0.4 is 19.9 Å². The quantitative estimate of drug-likeness (QED) is 0.517. The van der Waals surface area contributed by atoms with Gasteiger partial charge < -0.3 is 10.5 Å². The van der Waals surface area contributed by atoms with Crippen LogP contribution in [0.1, 0.15) is 19.8 Å². The van der Waals surface area contributed by atoms with Crippen molar-refractivity contribution in [2.75, 3.05) is 30.7 Å². The molecule has 0 saturated carbocycles. The third-order valence-electron chi connectivity index (χ3n) is 3.03. The molecule has 10 heteroatoms.